The standard InChI is InChI=1S/C28H21NO2/c30-28-26(16-20-10-12-23(13-11-20)21-6-2-1-3-7-21)18-27(19-29(28)31)25-15-14-22-8-4-5-9-24(22)17-25/h1-15,17-19,31H,16H2. The Labute approximate surface area is 180 Å². The molecule has 31 heavy (non-hydrogen) atoms. The molecule has 0 unspecified atom stereocenters. The van der Waals surface area contributed by atoms with Gasteiger partial charge in [-0.1, -0.05) is 91.0 Å². The third-order valence-electron chi connectivity index (χ3n) is 5.61. The van der Waals surface area contributed by atoms with Crippen LogP contribution in [0, 0.1) is 0 Å². The molecule has 0 fully saturated rings. The van der Waals surface area contributed by atoms with Crippen LogP contribution in [-0.2, 0) is 6.42 Å². The molecule has 4 aromatic carbocycles. The van der Waals surface area contributed by atoms with E-state index in [1.807, 2.05) is 54.6 Å². The van der Waals surface area contributed by atoms with Crippen LogP contribution < -0.4 is 5.56 Å². The quantitative estimate of drug-likeness (QED) is 0.365. The summed E-state index contributed by atoms with van der Waals surface area (Å²) in [5, 5.41) is 12.5. The maximum absolute atomic E-state index is 12.6. The van der Waals surface area contributed by atoms with Crippen LogP contribution in [0.4, 0.5) is 0 Å². The number of hydrogen-bond acceptors (Lipinski definition) is 2. The van der Waals surface area contributed by atoms with Crippen LogP contribution in [0.2, 0.25) is 0 Å². The van der Waals surface area contributed by atoms with Crippen molar-refractivity contribution in [2.75, 3.05) is 0 Å². The number of aromatic nitrogens is 1. The Hall–Kier alpha value is -4.11. The van der Waals surface area contributed by atoms with Crippen molar-refractivity contribution in [3.8, 4) is 22.3 Å². The SMILES string of the molecule is O=c1c(Cc2ccc(-c3ccccc3)cc2)cc(-c2ccc3ccccc3c2)cn1O. The molecule has 0 saturated carbocycles. The normalized spacial score (nSPS) is 11.0. The molecule has 5 aromatic rings. The van der Waals surface area contributed by atoms with Crippen molar-refractivity contribution < 1.29 is 5.21 Å². The Morgan fingerprint density at radius 1 is 0.613 bits per heavy atom. The molecule has 0 saturated heterocycles. The van der Waals surface area contributed by atoms with Gasteiger partial charge in [0.1, 0.15) is 0 Å². The van der Waals surface area contributed by atoms with Crippen molar-refractivity contribution in [3.05, 3.63) is 131 Å². The smallest absolute Gasteiger partial charge is 0.286 e. The predicted molar refractivity (Wildman–Crippen MR) is 126 cm³/mol. The summed E-state index contributed by atoms with van der Waals surface area (Å²) in [6.45, 7) is 0. The summed E-state index contributed by atoms with van der Waals surface area (Å²) in [4.78, 5) is 12.6. The van der Waals surface area contributed by atoms with Crippen molar-refractivity contribution in [3.63, 3.8) is 0 Å². The minimum absolute atomic E-state index is 0.392. The lowest BCUT2D eigenvalue weighted by Crippen LogP contribution is -2.21. The topological polar surface area (TPSA) is 42.2 Å². The third kappa shape index (κ3) is 3.86. The Balaban J connectivity index is 1.48. The summed E-state index contributed by atoms with van der Waals surface area (Å²) >= 11 is 0. The average molecular weight is 403 g/mol. The minimum atomic E-state index is -0.392. The highest BCUT2D eigenvalue weighted by Crippen LogP contribution is 2.25. The fourth-order valence-electron chi connectivity index (χ4n) is 3.94. The Bertz CT molecular complexity index is 1420. The minimum Gasteiger partial charge on any atom is -0.425 e. The zero-order valence-corrected chi connectivity index (χ0v) is 16.9. The molecule has 1 N–H and O–H groups in total. The molecule has 3 heteroatoms. The predicted octanol–water partition coefficient (Wildman–Crippen LogP) is 6.16. The number of fused-ring (bicyclic) bond motifs is 1. The number of nitrogens with zero attached hydrogens (tertiary/aromatic N) is 1. The van der Waals surface area contributed by atoms with E-state index in [-0.39, 0.29) is 0 Å². The van der Waals surface area contributed by atoms with Crippen molar-refractivity contribution in [1.29, 1.82) is 0 Å². The van der Waals surface area contributed by atoms with Crippen LogP contribution in [0.15, 0.2) is 114 Å². The highest BCUT2D eigenvalue weighted by Gasteiger charge is 2.10. The number of rotatable bonds is 4. The zero-order valence-electron chi connectivity index (χ0n) is 16.9. The third-order valence-corrected chi connectivity index (χ3v) is 5.61. The zero-order chi connectivity index (χ0) is 21.2. The van der Waals surface area contributed by atoms with Crippen molar-refractivity contribution in [2.24, 2.45) is 0 Å². The van der Waals surface area contributed by atoms with E-state index in [1.54, 1.807) is 0 Å². The van der Waals surface area contributed by atoms with Crippen LogP contribution >= 0.6 is 0 Å². The summed E-state index contributed by atoms with van der Waals surface area (Å²) in [7, 11) is 0. The van der Waals surface area contributed by atoms with Crippen molar-refractivity contribution >= 4 is 10.8 Å². The van der Waals surface area contributed by atoms with Crippen LogP contribution in [0.3, 0.4) is 0 Å². The van der Waals surface area contributed by atoms with Gasteiger partial charge in [0.25, 0.3) is 5.56 Å². The Morgan fingerprint density at radius 3 is 2.03 bits per heavy atom. The van der Waals surface area contributed by atoms with E-state index in [9.17, 15) is 10.0 Å². The van der Waals surface area contributed by atoms with E-state index in [0.29, 0.717) is 16.7 Å². The van der Waals surface area contributed by atoms with Gasteiger partial charge < -0.3 is 5.21 Å². The molecule has 1 aromatic heterocycles. The van der Waals surface area contributed by atoms with Gasteiger partial charge in [-0.25, -0.2) is 0 Å². The van der Waals surface area contributed by atoms with Gasteiger partial charge in [-0.3, -0.25) is 4.79 Å². The van der Waals surface area contributed by atoms with Gasteiger partial charge >= 0.3 is 0 Å². The van der Waals surface area contributed by atoms with E-state index < -0.39 is 5.56 Å². The second-order valence-electron chi connectivity index (χ2n) is 7.71. The molecule has 0 aliphatic rings. The van der Waals surface area contributed by atoms with Gasteiger partial charge in [0.15, 0.2) is 0 Å². The molecule has 150 valence electrons. The van der Waals surface area contributed by atoms with Gasteiger partial charge in [-0.15, -0.1) is 0 Å². The number of benzene rings is 4. The van der Waals surface area contributed by atoms with E-state index in [4.69, 9.17) is 0 Å². The summed E-state index contributed by atoms with van der Waals surface area (Å²) in [6.07, 6.45) is 1.93. The Morgan fingerprint density at radius 2 is 1.26 bits per heavy atom. The molecule has 0 aliphatic heterocycles. The fraction of sp³-hybridized carbons (Fsp3) is 0.0357. The fourth-order valence-corrected chi connectivity index (χ4v) is 3.94. The lowest BCUT2D eigenvalue weighted by Gasteiger charge is -2.10. The van der Waals surface area contributed by atoms with Gasteiger partial charge in [0, 0.05) is 17.5 Å². The molecule has 0 spiro atoms. The van der Waals surface area contributed by atoms with Crippen LogP contribution in [0.1, 0.15) is 11.1 Å². The largest absolute Gasteiger partial charge is 0.425 e. The van der Waals surface area contributed by atoms with Gasteiger partial charge in [0.05, 0.1) is 6.20 Å². The summed E-state index contributed by atoms with van der Waals surface area (Å²) in [5.41, 5.74) is 5.24. The molecular weight excluding hydrogens is 382 g/mol. The molecule has 0 radical (unpaired) electrons. The summed E-state index contributed by atoms with van der Waals surface area (Å²) in [6, 6.07) is 34.6. The first-order valence-electron chi connectivity index (χ1n) is 10.3. The maximum atomic E-state index is 12.6. The number of pyridine rings is 1. The van der Waals surface area contributed by atoms with E-state index in [2.05, 4.69) is 48.5 Å². The van der Waals surface area contributed by atoms with E-state index >= 15 is 0 Å². The maximum Gasteiger partial charge on any atom is 0.286 e. The molecule has 0 aliphatic carbocycles. The molecule has 0 atom stereocenters. The average Bonchev–Trinajstić information content (AvgIpc) is 2.82. The molecule has 5 rings (SSSR count). The van der Waals surface area contributed by atoms with Gasteiger partial charge in [0.2, 0.25) is 0 Å². The lowest BCUT2D eigenvalue weighted by molar-refractivity contribution is 0.174. The number of hydrogen-bond donors (Lipinski definition) is 1. The first-order valence-corrected chi connectivity index (χ1v) is 10.3. The molecular formula is C28H21NO2. The highest BCUT2D eigenvalue weighted by atomic mass is 16.5. The van der Waals surface area contributed by atoms with Crippen molar-refractivity contribution in [1.82, 2.24) is 4.73 Å². The summed E-state index contributed by atoms with van der Waals surface area (Å²) < 4.78 is 0.693. The highest BCUT2D eigenvalue weighted by molar-refractivity contribution is 5.87. The second-order valence-corrected chi connectivity index (χ2v) is 7.71. The lowest BCUT2D eigenvalue weighted by atomic mass is 9.98. The first kappa shape index (κ1) is 18.9. The first-order chi connectivity index (χ1) is 15.2. The van der Waals surface area contributed by atoms with E-state index in [0.717, 1.165) is 38.6 Å². The molecule has 1 heterocycles. The molecule has 3 nitrogen and oxygen atoms in total. The van der Waals surface area contributed by atoms with Crippen LogP contribution in [0.5, 0.6) is 0 Å². The van der Waals surface area contributed by atoms with Gasteiger partial charge in [-0.05, 0) is 45.2 Å². The van der Waals surface area contributed by atoms with Crippen LogP contribution in [-0.4, -0.2) is 9.94 Å². The summed E-state index contributed by atoms with van der Waals surface area (Å²) in [5.74, 6) is 0. The van der Waals surface area contributed by atoms with Gasteiger partial charge in [-0.2, -0.15) is 4.73 Å². The van der Waals surface area contributed by atoms with E-state index in [1.165, 1.54) is 6.20 Å². The van der Waals surface area contributed by atoms with Crippen LogP contribution in [0.25, 0.3) is 33.0 Å². The monoisotopic (exact) mass is 403 g/mol. The molecule has 0 amide bonds. The molecule has 0 bridgehead atoms. The Kier molecular flexibility index (Phi) is 4.85. The van der Waals surface area contributed by atoms with Crippen molar-refractivity contribution in [2.45, 2.75) is 6.42 Å². The second kappa shape index (κ2) is 7.96.